The van der Waals surface area contributed by atoms with Crippen molar-refractivity contribution in [2.24, 2.45) is 11.8 Å². The van der Waals surface area contributed by atoms with Crippen molar-refractivity contribution in [2.45, 2.75) is 52.6 Å². The second kappa shape index (κ2) is 5.67. The zero-order chi connectivity index (χ0) is 12.3. The summed E-state index contributed by atoms with van der Waals surface area (Å²) < 4.78 is 2.28. The van der Waals surface area contributed by atoms with E-state index in [1.54, 1.807) is 0 Å². The maximum atomic E-state index is 4.59. The van der Waals surface area contributed by atoms with E-state index in [-0.39, 0.29) is 0 Å². The minimum Gasteiger partial charge on any atom is -0.334 e. The molecule has 1 fully saturated rings. The van der Waals surface area contributed by atoms with E-state index in [1.807, 2.05) is 6.20 Å². The highest BCUT2D eigenvalue weighted by Gasteiger charge is 2.33. The van der Waals surface area contributed by atoms with Crippen LogP contribution in [0.1, 0.15) is 51.9 Å². The third-order valence-electron chi connectivity index (χ3n) is 4.15. The minimum absolute atomic E-state index is 0.437. The summed E-state index contributed by atoms with van der Waals surface area (Å²) in [7, 11) is 0. The molecule has 1 saturated carbocycles. The molecular formula is C14H25N3. The van der Waals surface area contributed by atoms with Crippen LogP contribution >= 0.6 is 0 Å². The van der Waals surface area contributed by atoms with Crippen molar-refractivity contribution in [1.29, 1.82) is 0 Å². The van der Waals surface area contributed by atoms with Gasteiger partial charge in [-0.25, -0.2) is 4.98 Å². The molecule has 3 atom stereocenters. The average Bonchev–Trinajstić information content (AvgIpc) is 2.94. The van der Waals surface area contributed by atoms with E-state index in [0.29, 0.717) is 6.04 Å². The summed E-state index contributed by atoms with van der Waals surface area (Å²) in [5, 5.41) is 3.65. The molecule has 3 unspecified atom stereocenters. The first-order valence-corrected chi connectivity index (χ1v) is 7.02. The van der Waals surface area contributed by atoms with Gasteiger partial charge in [-0.1, -0.05) is 26.7 Å². The number of nitrogens with zero attached hydrogens (tertiary/aromatic N) is 2. The highest BCUT2D eigenvalue weighted by Crippen LogP contribution is 2.39. The Morgan fingerprint density at radius 1 is 1.47 bits per heavy atom. The zero-order valence-electron chi connectivity index (χ0n) is 11.3. The average molecular weight is 235 g/mol. The maximum absolute atomic E-state index is 4.59. The van der Waals surface area contributed by atoms with Gasteiger partial charge in [0.15, 0.2) is 0 Å². The zero-order valence-corrected chi connectivity index (χ0v) is 11.3. The largest absolute Gasteiger partial charge is 0.334 e. The van der Waals surface area contributed by atoms with Gasteiger partial charge in [0.2, 0.25) is 0 Å². The molecule has 1 heterocycles. The van der Waals surface area contributed by atoms with Crippen molar-refractivity contribution >= 4 is 0 Å². The quantitative estimate of drug-likeness (QED) is 0.850. The summed E-state index contributed by atoms with van der Waals surface area (Å²) >= 11 is 0. The van der Waals surface area contributed by atoms with Crippen LogP contribution in [0.25, 0.3) is 0 Å². The van der Waals surface area contributed by atoms with Gasteiger partial charge < -0.3 is 9.88 Å². The fraction of sp³-hybridized carbons (Fsp3) is 0.786. The SMILES string of the molecule is CCNC(c1nccn1CC)C1CCCC1C. The standard InChI is InChI=1S/C14H25N3/c1-4-15-13(12-8-6-7-11(12)3)14-16-9-10-17(14)5-2/h9-13,15H,4-8H2,1-3H3. The Morgan fingerprint density at radius 3 is 2.88 bits per heavy atom. The molecule has 96 valence electrons. The van der Waals surface area contributed by atoms with Crippen molar-refractivity contribution in [3.63, 3.8) is 0 Å². The molecule has 1 N–H and O–H groups in total. The Balaban J connectivity index is 2.22. The van der Waals surface area contributed by atoms with Crippen LogP contribution in [0.2, 0.25) is 0 Å². The molecule has 1 aromatic heterocycles. The first kappa shape index (κ1) is 12.6. The highest BCUT2D eigenvalue weighted by molar-refractivity contribution is 5.03. The predicted octanol–water partition coefficient (Wildman–Crippen LogP) is 2.99. The number of imidazole rings is 1. The van der Waals surface area contributed by atoms with Gasteiger partial charge in [-0.15, -0.1) is 0 Å². The molecule has 1 aromatic rings. The van der Waals surface area contributed by atoms with Crippen LogP contribution in [0.3, 0.4) is 0 Å². The Labute approximate surface area is 105 Å². The van der Waals surface area contributed by atoms with E-state index < -0.39 is 0 Å². The van der Waals surface area contributed by atoms with E-state index in [2.05, 4.69) is 41.8 Å². The molecule has 1 aliphatic carbocycles. The molecule has 0 radical (unpaired) electrons. The molecular weight excluding hydrogens is 210 g/mol. The van der Waals surface area contributed by atoms with E-state index >= 15 is 0 Å². The van der Waals surface area contributed by atoms with Crippen molar-refractivity contribution in [3.05, 3.63) is 18.2 Å². The Morgan fingerprint density at radius 2 is 2.29 bits per heavy atom. The summed E-state index contributed by atoms with van der Waals surface area (Å²) in [6.45, 7) is 8.79. The second-order valence-corrected chi connectivity index (χ2v) is 5.18. The van der Waals surface area contributed by atoms with Gasteiger partial charge in [0.25, 0.3) is 0 Å². The molecule has 0 spiro atoms. The first-order valence-electron chi connectivity index (χ1n) is 7.02. The summed E-state index contributed by atoms with van der Waals surface area (Å²) in [6, 6.07) is 0.437. The van der Waals surface area contributed by atoms with Gasteiger partial charge in [-0.3, -0.25) is 0 Å². The van der Waals surface area contributed by atoms with Crippen LogP contribution in [0.15, 0.2) is 12.4 Å². The van der Waals surface area contributed by atoms with E-state index in [0.717, 1.165) is 24.9 Å². The van der Waals surface area contributed by atoms with Crippen molar-refractivity contribution in [2.75, 3.05) is 6.54 Å². The van der Waals surface area contributed by atoms with E-state index in [4.69, 9.17) is 0 Å². The minimum atomic E-state index is 0.437. The van der Waals surface area contributed by atoms with Crippen LogP contribution in [0.5, 0.6) is 0 Å². The number of aryl methyl sites for hydroxylation is 1. The Hall–Kier alpha value is -0.830. The molecule has 0 aliphatic heterocycles. The van der Waals surface area contributed by atoms with Gasteiger partial charge in [0, 0.05) is 18.9 Å². The van der Waals surface area contributed by atoms with Crippen LogP contribution in [-0.4, -0.2) is 16.1 Å². The third kappa shape index (κ3) is 2.54. The lowest BCUT2D eigenvalue weighted by molar-refractivity contribution is 0.289. The second-order valence-electron chi connectivity index (χ2n) is 5.18. The van der Waals surface area contributed by atoms with E-state index in [9.17, 15) is 0 Å². The molecule has 17 heavy (non-hydrogen) atoms. The van der Waals surface area contributed by atoms with Gasteiger partial charge in [0.1, 0.15) is 5.82 Å². The van der Waals surface area contributed by atoms with Crippen molar-refractivity contribution in [1.82, 2.24) is 14.9 Å². The van der Waals surface area contributed by atoms with Gasteiger partial charge in [-0.05, 0) is 31.7 Å². The normalized spacial score (nSPS) is 26.3. The Bertz CT molecular complexity index is 345. The van der Waals surface area contributed by atoms with Crippen LogP contribution in [0.4, 0.5) is 0 Å². The summed E-state index contributed by atoms with van der Waals surface area (Å²) in [5.41, 5.74) is 0. The number of nitrogens with one attached hydrogen (secondary N) is 1. The lowest BCUT2D eigenvalue weighted by Crippen LogP contribution is -2.32. The summed E-state index contributed by atoms with van der Waals surface area (Å²) in [4.78, 5) is 4.59. The molecule has 2 rings (SSSR count). The molecule has 1 aliphatic rings. The smallest absolute Gasteiger partial charge is 0.126 e. The fourth-order valence-corrected chi connectivity index (χ4v) is 3.19. The number of aromatic nitrogens is 2. The molecule has 0 saturated heterocycles. The number of hydrogen-bond donors (Lipinski definition) is 1. The molecule has 0 aromatic carbocycles. The Kier molecular flexibility index (Phi) is 4.21. The summed E-state index contributed by atoms with van der Waals surface area (Å²) in [5.74, 6) is 2.80. The maximum Gasteiger partial charge on any atom is 0.126 e. The number of rotatable bonds is 5. The lowest BCUT2D eigenvalue weighted by atomic mass is 9.89. The van der Waals surface area contributed by atoms with Gasteiger partial charge in [0.05, 0.1) is 6.04 Å². The van der Waals surface area contributed by atoms with Crippen LogP contribution < -0.4 is 5.32 Å². The molecule has 0 bridgehead atoms. The topological polar surface area (TPSA) is 29.9 Å². The molecule has 3 nitrogen and oxygen atoms in total. The third-order valence-corrected chi connectivity index (χ3v) is 4.15. The highest BCUT2D eigenvalue weighted by atomic mass is 15.1. The van der Waals surface area contributed by atoms with Crippen molar-refractivity contribution < 1.29 is 0 Å². The van der Waals surface area contributed by atoms with Crippen LogP contribution in [0, 0.1) is 11.8 Å². The number of hydrogen-bond acceptors (Lipinski definition) is 2. The van der Waals surface area contributed by atoms with Crippen molar-refractivity contribution in [3.8, 4) is 0 Å². The predicted molar refractivity (Wildman–Crippen MR) is 70.8 cm³/mol. The van der Waals surface area contributed by atoms with Gasteiger partial charge >= 0.3 is 0 Å². The monoisotopic (exact) mass is 235 g/mol. The summed E-state index contributed by atoms with van der Waals surface area (Å²) in [6.07, 6.45) is 8.12. The van der Waals surface area contributed by atoms with Crippen LogP contribution in [-0.2, 0) is 6.54 Å². The molecule has 0 amide bonds. The molecule has 3 heteroatoms. The van der Waals surface area contributed by atoms with Gasteiger partial charge in [-0.2, -0.15) is 0 Å². The first-order chi connectivity index (χ1) is 8.27. The van der Waals surface area contributed by atoms with E-state index in [1.165, 1.54) is 25.1 Å². The fourth-order valence-electron chi connectivity index (χ4n) is 3.19. The lowest BCUT2D eigenvalue weighted by Gasteiger charge is -2.27.